The van der Waals surface area contributed by atoms with Gasteiger partial charge in [0.05, 0.1) is 0 Å². The maximum Gasteiger partial charge on any atom is 0.130 e. The number of benzene rings is 1. The van der Waals surface area contributed by atoms with Gasteiger partial charge in [0.1, 0.15) is 11.6 Å². The van der Waals surface area contributed by atoms with E-state index in [9.17, 15) is 8.78 Å². The minimum Gasteiger partial charge on any atom is -0.207 e. The molecular weight excluding hydrogens is 134 g/mol. The molecule has 0 heterocycles. The van der Waals surface area contributed by atoms with Crippen LogP contribution >= 0.6 is 0 Å². The van der Waals surface area contributed by atoms with Crippen LogP contribution in [0.4, 0.5) is 8.78 Å². The van der Waals surface area contributed by atoms with Gasteiger partial charge >= 0.3 is 0 Å². The Balaban J connectivity index is 3.21. The monoisotopic (exact) mass is 140 g/mol. The molecule has 0 nitrogen and oxygen atoms in total. The van der Waals surface area contributed by atoms with Gasteiger partial charge in [0, 0.05) is 5.56 Å². The van der Waals surface area contributed by atoms with Crippen molar-refractivity contribution < 1.29 is 8.78 Å². The Morgan fingerprint density at radius 1 is 1.30 bits per heavy atom. The van der Waals surface area contributed by atoms with E-state index in [0.29, 0.717) is 0 Å². The van der Waals surface area contributed by atoms with Crippen LogP contribution in [0, 0.1) is 11.6 Å². The van der Waals surface area contributed by atoms with Gasteiger partial charge in [-0.2, -0.15) is 0 Å². The van der Waals surface area contributed by atoms with Crippen LogP contribution in [0.2, 0.25) is 0 Å². The van der Waals surface area contributed by atoms with E-state index in [1.54, 1.807) is 0 Å². The number of rotatable bonds is 1. The largest absolute Gasteiger partial charge is 0.207 e. The Hall–Kier alpha value is -1.18. The van der Waals surface area contributed by atoms with Gasteiger partial charge in [-0.1, -0.05) is 12.7 Å². The van der Waals surface area contributed by atoms with E-state index in [0.717, 1.165) is 18.2 Å². The molecule has 0 aliphatic rings. The summed E-state index contributed by atoms with van der Waals surface area (Å²) >= 11 is 0. The fourth-order valence-electron chi connectivity index (χ4n) is 0.671. The van der Waals surface area contributed by atoms with Crippen molar-refractivity contribution in [3.8, 4) is 0 Å². The molecule has 0 bridgehead atoms. The standard InChI is InChI=1S/C8H6F2/c1-2-6-5-7(9)3-4-8(6)10/h2-5H,1H2. The van der Waals surface area contributed by atoms with Crippen molar-refractivity contribution in [3.05, 3.63) is 42.0 Å². The van der Waals surface area contributed by atoms with Crippen LogP contribution in [-0.4, -0.2) is 0 Å². The van der Waals surface area contributed by atoms with Gasteiger partial charge in [0.15, 0.2) is 0 Å². The van der Waals surface area contributed by atoms with Gasteiger partial charge in [0.25, 0.3) is 0 Å². The molecule has 0 amide bonds. The van der Waals surface area contributed by atoms with Crippen LogP contribution in [0.5, 0.6) is 0 Å². The molecule has 0 radical (unpaired) electrons. The smallest absolute Gasteiger partial charge is 0.130 e. The third kappa shape index (κ3) is 1.21. The lowest BCUT2D eigenvalue weighted by Crippen LogP contribution is -1.82. The SMILES string of the molecule is C=Cc1cc(F)ccc1F. The van der Waals surface area contributed by atoms with Crippen LogP contribution in [-0.2, 0) is 0 Å². The predicted octanol–water partition coefficient (Wildman–Crippen LogP) is 2.61. The predicted molar refractivity (Wildman–Crippen MR) is 36.4 cm³/mol. The van der Waals surface area contributed by atoms with Crippen LogP contribution in [0.3, 0.4) is 0 Å². The molecular formula is C8H6F2. The van der Waals surface area contributed by atoms with Crippen LogP contribution in [0.1, 0.15) is 5.56 Å². The molecule has 0 saturated carbocycles. The van der Waals surface area contributed by atoms with E-state index in [1.165, 1.54) is 6.08 Å². The highest BCUT2D eigenvalue weighted by Crippen LogP contribution is 2.09. The van der Waals surface area contributed by atoms with E-state index in [1.807, 2.05) is 0 Å². The molecule has 0 spiro atoms. The molecule has 1 rings (SSSR count). The lowest BCUT2D eigenvalue weighted by atomic mass is 10.2. The second kappa shape index (κ2) is 2.60. The topological polar surface area (TPSA) is 0 Å². The highest BCUT2D eigenvalue weighted by molar-refractivity contribution is 5.47. The summed E-state index contributed by atoms with van der Waals surface area (Å²) in [6.45, 7) is 3.33. The number of hydrogen-bond donors (Lipinski definition) is 0. The van der Waals surface area contributed by atoms with Crippen molar-refractivity contribution in [1.82, 2.24) is 0 Å². The summed E-state index contributed by atoms with van der Waals surface area (Å²) in [7, 11) is 0. The molecule has 0 N–H and O–H groups in total. The van der Waals surface area contributed by atoms with Gasteiger partial charge in [0.2, 0.25) is 0 Å². The molecule has 0 aliphatic heterocycles. The van der Waals surface area contributed by atoms with Crippen molar-refractivity contribution >= 4 is 6.08 Å². The first-order valence-corrected chi connectivity index (χ1v) is 2.81. The minimum atomic E-state index is -0.448. The summed E-state index contributed by atoms with van der Waals surface area (Å²) in [6.07, 6.45) is 1.28. The first-order chi connectivity index (χ1) is 4.74. The van der Waals surface area contributed by atoms with E-state index < -0.39 is 11.6 Å². The van der Waals surface area contributed by atoms with Gasteiger partial charge in [-0.15, -0.1) is 0 Å². The average Bonchev–Trinajstić information content (AvgIpc) is 1.94. The second-order valence-electron chi connectivity index (χ2n) is 1.87. The zero-order chi connectivity index (χ0) is 7.56. The number of hydrogen-bond acceptors (Lipinski definition) is 0. The van der Waals surface area contributed by atoms with E-state index in [-0.39, 0.29) is 5.56 Å². The van der Waals surface area contributed by atoms with Crippen molar-refractivity contribution in [2.24, 2.45) is 0 Å². The maximum absolute atomic E-state index is 12.5. The minimum absolute atomic E-state index is 0.194. The van der Waals surface area contributed by atoms with Crippen molar-refractivity contribution in [2.45, 2.75) is 0 Å². The Morgan fingerprint density at radius 2 is 2.00 bits per heavy atom. The molecule has 1 aromatic carbocycles. The molecule has 0 fully saturated rings. The Morgan fingerprint density at radius 3 is 2.50 bits per heavy atom. The molecule has 10 heavy (non-hydrogen) atoms. The fraction of sp³-hybridized carbons (Fsp3) is 0. The summed E-state index contributed by atoms with van der Waals surface area (Å²) in [5.74, 6) is -0.896. The average molecular weight is 140 g/mol. The highest BCUT2D eigenvalue weighted by Gasteiger charge is 1.97. The molecule has 0 aromatic heterocycles. The quantitative estimate of drug-likeness (QED) is 0.562. The Kier molecular flexibility index (Phi) is 1.81. The highest BCUT2D eigenvalue weighted by atomic mass is 19.1. The summed E-state index contributed by atoms with van der Waals surface area (Å²) < 4.78 is 24.9. The fourth-order valence-corrected chi connectivity index (χ4v) is 0.671. The first kappa shape index (κ1) is 6.93. The third-order valence-corrected chi connectivity index (χ3v) is 1.18. The summed E-state index contributed by atoms with van der Waals surface area (Å²) in [4.78, 5) is 0. The van der Waals surface area contributed by atoms with Crippen LogP contribution in [0.25, 0.3) is 6.08 Å². The molecule has 52 valence electrons. The molecule has 1 aromatic rings. The third-order valence-electron chi connectivity index (χ3n) is 1.18. The second-order valence-corrected chi connectivity index (χ2v) is 1.87. The Bertz CT molecular complexity index is 253. The van der Waals surface area contributed by atoms with Gasteiger partial charge in [-0.3, -0.25) is 0 Å². The molecule has 0 aliphatic carbocycles. The molecule has 0 unspecified atom stereocenters. The van der Waals surface area contributed by atoms with Crippen molar-refractivity contribution in [3.63, 3.8) is 0 Å². The molecule has 0 saturated heterocycles. The van der Waals surface area contributed by atoms with E-state index in [4.69, 9.17) is 0 Å². The number of halogens is 2. The summed E-state index contributed by atoms with van der Waals surface area (Å²) in [5.41, 5.74) is 0.194. The normalized spacial score (nSPS) is 9.40. The maximum atomic E-state index is 12.5. The van der Waals surface area contributed by atoms with Crippen LogP contribution < -0.4 is 0 Å². The van der Waals surface area contributed by atoms with Crippen molar-refractivity contribution in [1.29, 1.82) is 0 Å². The molecule has 0 atom stereocenters. The first-order valence-electron chi connectivity index (χ1n) is 2.81. The summed E-state index contributed by atoms with van der Waals surface area (Å²) in [5, 5.41) is 0. The van der Waals surface area contributed by atoms with Crippen LogP contribution in [0.15, 0.2) is 24.8 Å². The van der Waals surface area contributed by atoms with E-state index >= 15 is 0 Å². The zero-order valence-electron chi connectivity index (χ0n) is 5.27. The lowest BCUT2D eigenvalue weighted by molar-refractivity contribution is 0.598. The molecule has 2 heteroatoms. The Labute approximate surface area is 57.8 Å². The van der Waals surface area contributed by atoms with E-state index in [2.05, 4.69) is 6.58 Å². The van der Waals surface area contributed by atoms with Crippen molar-refractivity contribution in [2.75, 3.05) is 0 Å². The summed E-state index contributed by atoms with van der Waals surface area (Å²) in [6, 6.07) is 3.25. The van der Waals surface area contributed by atoms with Gasteiger partial charge in [-0.05, 0) is 18.2 Å². The van der Waals surface area contributed by atoms with Gasteiger partial charge in [-0.25, -0.2) is 8.78 Å². The lowest BCUT2D eigenvalue weighted by Gasteiger charge is -1.93. The zero-order valence-corrected chi connectivity index (χ0v) is 5.27. The van der Waals surface area contributed by atoms with Gasteiger partial charge < -0.3 is 0 Å².